The van der Waals surface area contributed by atoms with E-state index in [1.807, 2.05) is 76.2 Å². The molecule has 3 aromatic rings. The van der Waals surface area contributed by atoms with Crippen LogP contribution in [-0.4, -0.2) is 41.6 Å². The molecule has 190 valence electrons. The molecule has 2 heterocycles. The lowest BCUT2D eigenvalue weighted by molar-refractivity contribution is -0.133. The summed E-state index contributed by atoms with van der Waals surface area (Å²) < 4.78 is 16.7. The highest BCUT2D eigenvalue weighted by Gasteiger charge is 2.23. The van der Waals surface area contributed by atoms with Gasteiger partial charge in [-0.3, -0.25) is 4.79 Å². The Kier molecular flexibility index (Phi) is 7.83. The summed E-state index contributed by atoms with van der Waals surface area (Å²) in [7, 11) is 0. The van der Waals surface area contributed by atoms with Crippen molar-refractivity contribution in [3.05, 3.63) is 76.7 Å². The van der Waals surface area contributed by atoms with Crippen molar-refractivity contribution < 1.29 is 23.5 Å². The van der Waals surface area contributed by atoms with Crippen LogP contribution in [0.25, 0.3) is 0 Å². The third-order valence-electron chi connectivity index (χ3n) is 6.04. The smallest absolute Gasteiger partial charge is 0.322 e. The van der Waals surface area contributed by atoms with Crippen molar-refractivity contribution in [2.45, 2.75) is 47.2 Å². The molecular weight excluding hydrogens is 458 g/mol. The number of amides is 3. The van der Waals surface area contributed by atoms with E-state index in [1.54, 1.807) is 9.80 Å². The Balaban J connectivity index is 1.51. The van der Waals surface area contributed by atoms with Crippen molar-refractivity contribution >= 4 is 17.6 Å². The van der Waals surface area contributed by atoms with Crippen LogP contribution >= 0.6 is 0 Å². The molecule has 8 nitrogen and oxygen atoms in total. The third-order valence-corrected chi connectivity index (χ3v) is 6.04. The van der Waals surface area contributed by atoms with Crippen molar-refractivity contribution in [1.82, 2.24) is 9.80 Å². The highest BCUT2D eigenvalue weighted by molar-refractivity contribution is 5.93. The molecule has 1 N–H and O–H groups in total. The number of rotatable bonds is 9. The summed E-state index contributed by atoms with van der Waals surface area (Å²) in [6.45, 7) is 9.05. The quantitative estimate of drug-likeness (QED) is 0.433. The van der Waals surface area contributed by atoms with Crippen molar-refractivity contribution in [2.24, 2.45) is 0 Å². The molecule has 0 bridgehead atoms. The number of anilines is 1. The molecule has 0 aliphatic carbocycles. The molecule has 0 saturated carbocycles. The van der Waals surface area contributed by atoms with Crippen molar-refractivity contribution in [1.29, 1.82) is 0 Å². The summed E-state index contributed by atoms with van der Waals surface area (Å²) in [5, 5.41) is 2.96. The molecule has 0 saturated heterocycles. The van der Waals surface area contributed by atoms with Gasteiger partial charge in [-0.15, -0.1) is 0 Å². The van der Waals surface area contributed by atoms with Crippen LogP contribution in [0.5, 0.6) is 11.5 Å². The lowest BCUT2D eigenvalue weighted by Gasteiger charge is -2.27. The maximum Gasteiger partial charge on any atom is 0.322 e. The van der Waals surface area contributed by atoms with Gasteiger partial charge in [-0.2, -0.15) is 0 Å². The highest BCUT2D eigenvalue weighted by Crippen LogP contribution is 2.33. The molecule has 0 fully saturated rings. The Hall–Kier alpha value is -3.94. The zero-order valence-electron chi connectivity index (χ0n) is 21.3. The number of nitrogens with one attached hydrogen (secondary N) is 1. The predicted molar refractivity (Wildman–Crippen MR) is 137 cm³/mol. The number of nitrogens with zero attached hydrogens (tertiary/aromatic N) is 2. The summed E-state index contributed by atoms with van der Waals surface area (Å²) in [5.41, 5.74) is 3.74. The lowest BCUT2D eigenvalue weighted by Crippen LogP contribution is -2.44. The van der Waals surface area contributed by atoms with E-state index in [0.29, 0.717) is 36.9 Å². The molecule has 0 radical (unpaired) electrons. The monoisotopic (exact) mass is 491 g/mol. The van der Waals surface area contributed by atoms with E-state index in [2.05, 4.69) is 5.32 Å². The number of carbonyl (C=O) groups excluding carboxylic acids is 2. The largest absolute Gasteiger partial charge is 0.464 e. The maximum absolute atomic E-state index is 13.6. The van der Waals surface area contributed by atoms with E-state index in [9.17, 15) is 9.59 Å². The minimum atomic E-state index is -0.297. The number of benzene rings is 2. The second kappa shape index (κ2) is 11.2. The molecule has 0 spiro atoms. The zero-order chi connectivity index (χ0) is 25.7. The van der Waals surface area contributed by atoms with Crippen molar-refractivity contribution in [2.75, 3.05) is 25.2 Å². The van der Waals surface area contributed by atoms with Gasteiger partial charge >= 0.3 is 6.03 Å². The molecule has 4 rings (SSSR count). The molecule has 36 heavy (non-hydrogen) atoms. The van der Waals surface area contributed by atoms with Gasteiger partial charge in [0.1, 0.15) is 18.1 Å². The summed E-state index contributed by atoms with van der Waals surface area (Å²) in [6.07, 6.45) is 0.729. The van der Waals surface area contributed by atoms with E-state index < -0.39 is 0 Å². The zero-order valence-corrected chi connectivity index (χ0v) is 21.3. The number of carbonyl (C=O) groups is 2. The average Bonchev–Trinajstić information content (AvgIpc) is 3.48. The fraction of sp³-hybridized carbons (Fsp3) is 0.357. The van der Waals surface area contributed by atoms with Gasteiger partial charge in [-0.25, -0.2) is 4.79 Å². The van der Waals surface area contributed by atoms with Gasteiger partial charge in [0.25, 0.3) is 0 Å². The maximum atomic E-state index is 13.6. The van der Waals surface area contributed by atoms with Crippen LogP contribution in [0.3, 0.4) is 0 Å². The van der Waals surface area contributed by atoms with E-state index >= 15 is 0 Å². The number of fused-ring (bicyclic) bond motifs is 1. The number of furan rings is 1. The Morgan fingerprint density at radius 3 is 2.44 bits per heavy atom. The lowest BCUT2D eigenvalue weighted by atomic mass is 10.1. The topological polar surface area (TPSA) is 84.2 Å². The van der Waals surface area contributed by atoms with Crippen LogP contribution in [0.1, 0.15) is 41.6 Å². The second-order valence-corrected chi connectivity index (χ2v) is 9.12. The third kappa shape index (κ3) is 6.19. The van der Waals surface area contributed by atoms with Crippen LogP contribution < -0.4 is 14.8 Å². The van der Waals surface area contributed by atoms with Crippen LogP contribution in [0.2, 0.25) is 0 Å². The van der Waals surface area contributed by atoms with Gasteiger partial charge in [0.15, 0.2) is 11.5 Å². The van der Waals surface area contributed by atoms with Crippen LogP contribution in [-0.2, 0) is 17.9 Å². The van der Waals surface area contributed by atoms with Crippen molar-refractivity contribution in [3.8, 4) is 11.5 Å². The number of ether oxygens (including phenoxy) is 2. The standard InChI is InChI=1S/C28H33N3O5/c1-5-12-30(28(33)29-24-10-6-19(2)13-20(24)3)17-27(32)31(16-23-9-7-21(4)36-23)15-22-8-11-25-26(14-22)35-18-34-25/h6-11,13-14H,5,12,15-18H2,1-4H3,(H,29,33). The number of hydrogen-bond donors (Lipinski definition) is 1. The predicted octanol–water partition coefficient (Wildman–Crippen LogP) is 5.41. The number of aryl methyl sites for hydroxylation is 3. The molecule has 0 unspecified atom stereocenters. The van der Waals surface area contributed by atoms with Gasteiger partial charge in [-0.05, 0) is 68.7 Å². The van der Waals surface area contributed by atoms with Gasteiger partial charge < -0.3 is 29.0 Å². The summed E-state index contributed by atoms with van der Waals surface area (Å²) in [6, 6.07) is 14.9. The van der Waals surface area contributed by atoms with Crippen molar-refractivity contribution in [3.63, 3.8) is 0 Å². The molecule has 8 heteroatoms. The Labute approximate surface area is 211 Å². The number of urea groups is 1. The fourth-order valence-corrected chi connectivity index (χ4v) is 4.18. The van der Waals surface area contributed by atoms with Gasteiger partial charge in [0.05, 0.1) is 6.54 Å². The molecular formula is C28H33N3O5. The summed E-state index contributed by atoms with van der Waals surface area (Å²) in [4.78, 5) is 29.9. The fourth-order valence-electron chi connectivity index (χ4n) is 4.18. The number of hydrogen-bond acceptors (Lipinski definition) is 5. The Morgan fingerprint density at radius 2 is 1.72 bits per heavy atom. The molecule has 1 aliphatic rings. The van der Waals surface area contributed by atoms with E-state index in [1.165, 1.54) is 0 Å². The SMILES string of the molecule is CCCN(CC(=O)N(Cc1ccc2c(c1)OCO2)Cc1ccc(C)o1)C(=O)Nc1ccc(C)cc1C. The highest BCUT2D eigenvalue weighted by atomic mass is 16.7. The average molecular weight is 492 g/mol. The Bertz CT molecular complexity index is 1240. The van der Waals surface area contributed by atoms with E-state index in [-0.39, 0.29) is 25.3 Å². The van der Waals surface area contributed by atoms with Gasteiger partial charge in [-0.1, -0.05) is 30.7 Å². The normalized spacial score (nSPS) is 11.9. The minimum Gasteiger partial charge on any atom is -0.464 e. The first kappa shape index (κ1) is 25.2. The van der Waals surface area contributed by atoms with Gasteiger partial charge in [0, 0.05) is 18.8 Å². The molecule has 2 aromatic carbocycles. The first-order valence-corrected chi connectivity index (χ1v) is 12.2. The first-order valence-electron chi connectivity index (χ1n) is 12.2. The molecule has 1 aromatic heterocycles. The Morgan fingerprint density at radius 1 is 0.917 bits per heavy atom. The molecule has 1 aliphatic heterocycles. The van der Waals surface area contributed by atoms with Crippen LogP contribution in [0.15, 0.2) is 52.9 Å². The summed E-state index contributed by atoms with van der Waals surface area (Å²) in [5.74, 6) is 2.64. The second-order valence-electron chi connectivity index (χ2n) is 9.12. The molecule has 3 amide bonds. The van der Waals surface area contributed by atoms with E-state index in [4.69, 9.17) is 13.9 Å². The van der Waals surface area contributed by atoms with Gasteiger partial charge in [0.2, 0.25) is 12.7 Å². The molecule has 0 atom stereocenters. The van der Waals surface area contributed by atoms with Crippen LogP contribution in [0.4, 0.5) is 10.5 Å². The van der Waals surface area contributed by atoms with E-state index in [0.717, 1.165) is 34.6 Å². The minimum absolute atomic E-state index is 0.0468. The first-order chi connectivity index (χ1) is 17.3. The summed E-state index contributed by atoms with van der Waals surface area (Å²) >= 11 is 0. The van der Waals surface area contributed by atoms with Crippen LogP contribution in [0, 0.1) is 20.8 Å².